The van der Waals surface area contributed by atoms with E-state index >= 15 is 0 Å². The van der Waals surface area contributed by atoms with Gasteiger partial charge < -0.3 is 14.8 Å². The van der Waals surface area contributed by atoms with Crippen LogP contribution in [0.2, 0.25) is 0 Å². The van der Waals surface area contributed by atoms with E-state index in [0.29, 0.717) is 28.4 Å². The van der Waals surface area contributed by atoms with Gasteiger partial charge in [-0.2, -0.15) is 5.10 Å². The van der Waals surface area contributed by atoms with Gasteiger partial charge in [-0.15, -0.1) is 0 Å². The number of nitrogens with zero attached hydrogens (tertiary/aromatic N) is 2. The summed E-state index contributed by atoms with van der Waals surface area (Å²) in [7, 11) is 3.12. The first-order valence-electron chi connectivity index (χ1n) is 8.33. The van der Waals surface area contributed by atoms with Crippen molar-refractivity contribution in [1.29, 1.82) is 0 Å². The fourth-order valence-electron chi connectivity index (χ4n) is 2.84. The molecule has 6 nitrogen and oxygen atoms in total. The standard InChI is InChI=1S/C20H20FN3O3/c1-13-17(12-23-24(13)16-9-7-15(21)8-10-16)20(25)22-11-14-5-4-6-18(26-2)19(14)27-3/h4-10,12H,11H2,1-3H3,(H,22,25). The summed E-state index contributed by atoms with van der Waals surface area (Å²) in [5.41, 5.74) is 2.59. The van der Waals surface area contributed by atoms with E-state index in [1.807, 2.05) is 12.1 Å². The lowest BCUT2D eigenvalue weighted by atomic mass is 10.1. The Morgan fingerprint density at radius 1 is 1.15 bits per heavy atom. The van der Waals surface area contributed by atoms with Crippen LogP contribution in [0.15, 0.2) is 48.7 Å². The molecule has 1 amide bonds. The van der Waals surface area contributed by atoms with Crippen molar-refractivity contribution in [2.45, 2.75) is 13.5 Å². The number of methoxy groups -OCH3 is 2. The molecule has 0 saturated carbocycles. The van der Waals surface area contributed by atoms with Gasteiger partial charge in [0.05, 0.1) is 37.4 Å². The molecule has 27 heavy (non-hydrogen) atoms. The van der Waals surface area contributed by atoms with Crippen LogP contribution < -0.4 is 14.8 Å². The molecule has 0 unspecified atom stereocenters. The number of para-hydroxylation sites is 1. The summed E-state index contributed by atoms with van der Waals surface area (Å²) in [6.45, 7) is 2.07. The number of nitrogens with one attached hydrogen (secondary N) is 1. The highest BCUT2D eigenvalue weighted by Crippen LogP contribution is 2.30. The first-order chi connectivity index (χ1) is 13.0. The molecule has 0 radical (unpaired) electrons. The van der Waals surface area contributed by atoms with Crippen LogP contribution in [0, 0.1) is 12.7 Å². The molecule has 1 aromatic heterocycles. The van der Waals surface area contributed by atoms with Crippen molar-refractivity contribution in [3.05, 3.63) is 71.3 Å². The Kier molecular flexibility index (Phi) is 5.40. The highest BCUT2D eigenvalue weighted by atomic mass is 19.1. The first kappa shape index (κ1) is 18.4. The fraction of sp³-hybridized carbons (Fsp3) is 0.200. The highest BCUT2D eigenvalue weighted by Gasteiger charge is 2.16. The topological polar surface area (TPSA) is 65.4 Å². The molecular formula is C20H20FN3O3. The normalized spacial score (nSPS) is 10.5. The SMILES string of the molecule is COc1cccc(CNC(=O)c2cnn(-c3ccc(F)cc3)c2C)c1OC. The molecule has 0 fully saturated rings. The minimum Gasteiger partial charge on any atom is -0.493 e. The highest BCUT2D eigenvalue weighted by molar-refractivity contribution is 5.95. The number of carbonyl (C=O) groups excluding carboxylic acids is 1. The Balaban J connectivity index is 1.77. The molecule has 1 N–H and O–H groups in total. The molecule has 3 aromatic rings. The number of hydrogen-bond acceptors (Lipinski definition) is 4. The molecule has 1 heterocycles. The van der Waals surface area contributed by atoms with Crippen LogP contribution in [-0.4, -0.2) is 29.9 Å². The summed E-state index contributed by atoms with van der Waals surface area (Å²) in [5.74, 6) is 0.600. The van der Waals surface area contributed by atoms with Crippen molar-refractivity contribution in [2.24, 2.45) is 0 Å². The van der Waals surface area contributed by atoms with Gasteiger partial charge in [0.1, 0.15) is 5.82 Å². The molecule has 2 aromatic carbocycles. The van der Waals surface area contributed by atoms with Crippen molar-refractivity contribution < 1.29 is 18.7 Å². The zero-order chi connectivity index (χ0) is 19.4. The summed E-state index contributed by atoms with van der Waals surface area (Å²) in [5, 5.41) is 7.11. The number of aromatic nitrogens is 2. The van der Waals surface area contributed by atoms with Gasteiger partial charge in [0, 0.05) is 12.1 Å². The van der Waals surface area contributed by atoms with Crippen molar-refractivity contribution in [3.8, 4) is 17.2 Å². The molecule has 0 aliphatic carbocycles. The van der Waals surface area contributed by atoms with E-state index in [9.17, 15) is 9.18 Å². The van der Waals surface area contributed by atoms with Crippen LogP contribution in [0.25, 0.3) is 5.69 Å². The van der Waals surface area contributed by atoms with Crippen LogP contribution >= 0.6 is 0 Å². The van der Waals surface area contributed by atoms with Crippen molar-refractivity contribution in [3.63, 3.8) is 0 Å². The lowest BCUT2D eigenvalue weighted by molar-refractivity contribution is 0.0950. The summed E-state index contributed by atoms with van der Waals surface area (Å²) >= 11 is 0. The van der Waals surface area contributed by atoms with E-state index in [1.165, 1.54) is 18.3 Å². The second kappa shape index (κ2) is 7.90. The molecule has 0 saturated heterocycles. The first-order valence-corrected chi connectivity index (χ1v) is 8.33. The van der Waals surface area contributed by atoms with Gasteiger partial charge in [-0.25, -0.2) is 9.07 Å². The van der Waals surface area contributed by atoms with E-state index in [1.54, 1.807) is 44.0 Å². The molecular weight excluding hydrogens is 349 g/mol. The average Bonchev–Trinajstić information content (AvgIpc) is 3.07. The minimum absolute atomic E-state index is 0.259. The fourth-order valence-corrected chi connectivity index (χ4v) is 2.84. The maximum absolute atomic E-state index is 13.1. The van der Waals surface area contributed by atoms with Gasteiger partial charge in [-0.05, 0) is 37.3 Å². The Hall–Kier alpha value is -3.35. The van der Waals surface area contributed by atoms with E-state index in [-0.39, 0.29) is 18.3 Å². The molecule has 0 atom stereocenters. The molecule has 0 aliphatic rings. The second-order valence-corrected chi connectivity index (χ2v) is 5.87. The maximum Gasteiger partial charge on any atom is 0.255 e. The quantitative estimate of drug-likeness (QED) is 0.724. The Morgan fingerprint density at radius 2 is 1.89 bits per heavy atom. The third-order valence-corrected chi connectivity index (χ3v) is 4.25. The lowest BCUT2D eigenvalue weighted by Gasteiger charge is -2.13. The Labute approximate surface area is 156 Å². The van der Waals surface area contributed by atoms with Gasteiger partial charge >= 0.3 is 0 Å². The Morgan fingerprint density at radius 3 is 2.56 bits per heavy atom. The molecule has 7 heteroatoms. The summed E-state index contributed by atoms with van der Waals surface area (Å²) in [6, 6.07) is 11.4. The predicted molar refractivity (Wildman–Crippen MR) is 99.0 cm³/mol. The van der Waals surface area contributed by atoms with Gasteiger partial charge in [-0.1, -0.05) is 12.1 Å². The minimum atomic E-state index is -0.325. The summed E-state index contributed by atoms with van der Waals surface area (Å²) < 4.78 is 25.3. The number of benzene rings is 2. The summed E-state index contributed by atoms with van der Waals surface area (Å²) in [6.07, 6.45) is 1.50. The number of hydrogen-bond donors (Lipinski definition) is 1. The average molecular weight is 369 g/mol. The lowest BCUT2D eigenvalue weighted by Crippen LogP contribution is -2.23. The number of halogens is 1. The zero-order valence-corrected chi connectivity index (χ0v) is 15.3. The van der Waals surface area contributed by atoms with E-state index in [0.717, 1.165) is 5.56 Å². The third-order valence-electron chi connectivity index (χ3n) is 4.25. The van der Waals surface area contributed by atoms with E-state index in [2.05, 4.69) is 10.4 Å². The number of amides is 1. The zero-order valence-electron chi connectivity index (χ0n) is 15.3. The molecule has 0 bridgehead atoms. The van der Waals surface area contributed by atoms with Crippen molar-refractivity contribution in [2.75, 3.05) is 14.2 Å². The largest absolute Gasteiger partial charge is 0.493 e. The molecule has 0 aliphatic heterocycles. The number of rotatable bonds is 6. The van der Waals surface area contributed by atoms with Gasteiger partial charge in [0.15, 0.2) is 11.5 Å². The van der Waals surface area contributed by atoms with Gasteiger partial charge in [-0.3, -0.25) is 4.79 Å². The molecule has 0 spiro atoms. The maximum atomic E-state index is 13.1. The van der Waals surface area contributed by atoms with Crippen LogP contribution in [0.4, 0.5) is 4.39 Å². The van der Waals surface area contributed by atoms with Crippen LogP contribution in [0.3, 0.4) is 0 Å². The van der Waals surface area contributed by atoms with Gasteiger partial charge in [0.25, 0.3) is 5.91 Å². The predicted octanol–water partition coefficient (Wildman–Crippen LogP) is 3.27. The Bertz CT molecular complexity index is 952. The second-order valence-electron chi connectivity index (χ2n) is 5.87. The number of ether oxygens (including phenoxy) is 2. The summed E-state index contributed by atoms with van der Waals surface area (Å²) in [4.78, 5) is 12.6. The molecule has 3 rings (SSSR count). The number of carbonyl (C=O) groups is 1. The smallest absolute Gasteiger partial charge is 0.255 e. The van der Waals surface area contributed by atoms with E-state index in [4.69, 9.17) is 9.47 Å². The van der Waals surface area contributed by atoms with E-state index < -0.39 is 0 Å². The third kappa shape index (κ3) is 3.76. The van der Waals surface area contributed by atoms with Crippen LogP contribution in [0.1, 0.15) is 21.6 Å². The van der Waals surface area contributed by atoms with Crippen LogP contribution in [0.5, 0.6) is 11.5 Å². The monoisotopic (exact) mass is 369 g/mol. The van der Waals surface area contributed by atoms with Gasteiger partial charge in [0.2, 0.25) is 0 Å². The van der Waals surface area contributed by atoms with Crippen molar-refractivity contribution in [1.82, 2.24) is 15.1 Å². The van der Waals surface area contributed by atoms with Crippen LogP contribution in [-0.2, 0) is 6.54 Å². The van der Waals surface area contributed by atoms with Crippen molar-refractivity contribution >= 4 is 5.91 Å². The molecule has 140 valence electrons.